The molecule has 2 heterocycles. The zero-order valence-corrected chi connectivity index (χ0v) is 6.40. The van der Waals surface area contributed by atoms with Crippen LogP contribution in [0.1, 0.15) is 0 Å². The monoisotopic (exact) mass is 164 g/mol. The van der Waals surface area contributed by atoms with Crippen LogP contribution in [-0.4, -0.2) is 36.1 Å². The summed E-state index contributed by atoms with van der Waals surface area (Å²) in [7, 11) is 0. The molecule has 2 aliphatic heterocycles. The first-order chi connectivity index (χ1) is 5.77. The van der Waals surface area contributed by atoms with E-state index in [1.807, 2.05) is 0 Å². The molecular formula is C7H8N4O. The van der Waals surface area contributed by atoms with E-state index in [1.54, 1.807) is 12.4 Å². The quantitative estimate of drug-likeness (QED) is 0.526. The maximum Gasteiger partial charge on any atom is 0.319 e. The third kappa shape index (κ3) is 0.990. The molecule has 0 aromatic carbocycles. The second-order valence-electron chi connectivity index (χ2n) is 2.61. The van der Waals surface area contributed by atoms with E-state index in [0.29, 0.717) is 13.2 Å². The lowest BCUT2D eigenvalue weighted by molar-refractivity contribution is 0.230. The van der Waals surface area contributed by atoms with Crippen LogP contribution >= 0.6 is 0 Å². The van der Waals surface area contributed by atoms with Gasteiger partial charge in [0.05, 0.1) is 12.3 Å². The first kappa shape index (κ1) is 7.02. The summed E-state index contributed by atoms with van der Waals surface area (Å²) in [6.45, 7) is 0.940. The summed E-state index contributed by atoms with van der Waals surface area (Å²) in [5, 5.41) is 0. The summed E-state index contributed by atoms with van der Waals surface area (Å²) >= 11 is 0. The van der Waals surface area contributed by atoms with Crippen molar-refractivity contribution in [1.82, 2.24) is 4.90 Å². The van der Waals surface area contributed by atoms with E-state index in [2.05, 4.69) is 9.98 Å². The third-order valence-corrected chi connectivity index (χ3v) is 1.80. The SMILES string of the molecule is NC(=O)N1C=C2C=NCN=C2C1. The zero-order chi connectivity index (χ0) is 8.55. The molecule has 0 radical (unpaired) electrons. The minimum Gasteiger partial charge on any atom is -0.351 e. The molecule has 0 aromatic rings. The predicted molar refractivity (Wildman–Crippen MR) is 45.2 cm³/mol. The molecule has 0 aliphatic carbocycles. The van der Waals surface area contributed by atoms with Crippen LogP contribution in [0.5, 0.6) is 0 Å². The Kier molecular flexibility index (Phi) is 1.43. The molecule has 0 spiro atoms. The van der Waals surface area contributed by atoms with E-state index in [1.165, 1.54) is 4.90 Å². The maximum absolute atomic E-state index is 10.7. The van der Waals surface area contributed by atoms with Gasteiger partial charge in [0, 0.05) is 18.0 Å². The fourth-order valence-corrected chi connectivity index (χ4v) is 1.20. The van der Waals surface area contributed by atoms with Gasteiger partial charge in [0.2, 0.25) is 0 Å². The summed E-state index contributed by atoms with van der Waals surface area (Å²) in [5.74, 6) is 0. The molecular weight excluding hydrogens is 156 g/mol. The van der Waals surface area contributed by atoms with Gasteiger partial charge < -0.3 is 5.73 Å². The van der Waals surface area contributed by atoms with Crippen molar-refractivity contribution in [3.05, 3.63) is 11.8 Å². The van der Waals surface area contributed by atoms with Crippen LogP contribution in [0.2, 0.25) is 0 Å². The maximum atomic E-state index is 10.7. The van der Waals surface area contributed by atoms with Crippen LogP contribution in [0, 0.1) is 0 Å². The van der Waals surface area contributed by atoms with Crippen LogP contribution in [0.3, 0.4) is 0 Å². The Morgan fingerprint density at radius 1 is 1.67 bits per heavy atom. The van der Waals surface area contributed by atoms with Gasteiger partial charge >= 0.3 is 6.03 Å². The topological polar surface area (TPSA) is 71.1 Å². The number of nitrogens with zero attached hydrogens (tertiary/aromatic N) is 3. The van der Waals surface area contributed by atoms with E-state index in [9.17, 15) is 4.79 Å². The molecule has 2 N–H and O–H groups in total. The molecule has 0 atom stereocenters. The summed E-state index contributed by atoms with van der Waals surface area (Å²) in [5.41, 5.74) is 6.88. The van der Waals surface area contributed by atoms with E-state index in [-0.39, 0.29) is 0 Å². The van der Waals surface area contributed by atoms with Crippen molar-refractivity contribution in [1.29, 1.82) is 0 Å². The summed E-state index contributed by atoms with van der Waals surface area (Å²) in [6, 6.07) is -0.451. The third-order valence-electron chi connectivity index (χ3n) is 1.80. The molecule has 62 valence electrons. The average Bonchev–Trinajstić information content (AvgIpc) is 2.46. The average molecular weight is 164 g/mol. The minimum atomic E-state index is -0.451. The van der Waals surface area contributed by atoms with Crippen molar-refractivity contribution < 1.29 is 4.79 Å². The number of rotatable bonds is 0. The molecule has 0 fully saturated rings. The number of primary amides is 1. The van der Waals surface area contributed by atoms with Gasteiger partial charge in [0.15, 0.2) is 0 Å². The van der Waals surface area contributed by atoms with Crippen LogP contribution < -0.4 is 5.73 Å². The molecule has 0 saturated carbocycles. The lowest BCUT2D eigenvalue weighted by Crippen LogP contribution is -2.31. The van der Waals surface area contributed by atoms with Crippen molar-refractivity contribution in [3.63, 3.8) is 0 Å². The van der Waals surface area contributed by atoms with Crippen molar-refractivity contribution >= 4 is 18.0 Å². The molecule has 5 nitrogen and oxygen atoms in total. The number of urea groups is 1. The Morgan fingerprint density at radius 3 is 3.17 bits per heavy atom. The molecule has 0 saturated heterocycles. The second kappa shape index (κ2) is 2.44. The lowest BCUT2D eigenvalue weighted by Gasteiger charge is -2.07. The van der Waals surface area contributed by atoms with Gasteiger partial charge in [0.1, 0.15) is 6.67 Å². The molecule has 2 aliphatic rings. The highest BCUT2D eigenvalue weighted by atomic mass is 16.2. The van der Waals surface area contributed by atoms with Crippen molar-refractivity contribution in [3.8, 4) is 0 Å². The van der Waals surface area contributed by atoms with E-state index >= 15 is 0 Å². The highest BCUT2D eigenvalue weighted by molar-refractivity contribution is 6.20. The molecule has 0 bridgehead atoms. The summed E-state index contributed by atoms with van der Waals surface area (Å²) in [6.07, 6.45) is 3.38. The van der Waals surface area contributed by atoms with Gasteiger partial charge in [-0.3, -0.25) is 14.9 Å². The van der Waals surface area contributed by atoms with E-state index in [4.69, 9.17) is 5.73 Å². The standard InChI is InChI=1S/C7H8N4O/c8-7(12)11-2-5-1-9-4-10-6(5)3-11/h1-2H,3-4H2,(H2,8,12). The number of aliphatic imine (C=N–C) groups is 2. The van der Waals surface area contributed by atoms with E-state index < -0.39 is 6.03 Å². The summed E-state index contributed by atoms with van der Waals surface area (Å²) in [4.78, 5) is 20.3. The van der Waals surface area contributed by atoms with Crippen molar-refractivity contribution in [2.45, 2.75) is 0 Å². The van der Waals surface area contributed by atoms with Gasteiger partial charge in [-0.05, 0) is 0 Å². The predicted octanol–water partition coefficient (Wildman–Crippen LogP) is -0.252. The van der Waals surface area contributed by atoms with Gasteiger partial charge in [-0.15, -0.1) is 0 Å². The Morgan fingerprint density at radius 2 is 2.50 bits per heavy atom. The fourth-order valence-electron chi connectivity index (χ4n) is 1.20. The number of hydrogen-bond donors (Lipinski definition) is 1. The van der Waals surface area contributed by atoms with Gasteiger partial charge in [-0.25, -0.2) is 4.79 Å². The largest absolute Gasteiger partial charge is 0.351 e. The van der Waals surface area contributed by atoms with Crippen LogP contribution in [0.4, 0.5) is 4.79 Å². The number of fused-ring (bicyclic) bond motifs is 1. The molecule has 2 rings (SSSR count). The Bertz CT molecular complexity index is 315. The van der Waals surface area contributed by atoms with Crippen molar-refractivity contribution in [2.24, 2.45) is 15.7 Å². The molecule has 12 heavy (non-hydrogen) atoms. The minimum absolute atomic E-state index is 0.451. The number of nitrogens with two attached hydrogens (primary N) is 1. The molecule has 0 aromatic heterocycles. The highest BCUT2D eigenvalue weighted by Crippen LogP contribution is 2.12. The Balaban J connectivity index is 2.27. The highest BCUT2D eigenvalue weighted by Gasteiger charge is 2.22. The Labute approximate surface area is 69.3 Å². The first-order valence-electron chi connectivity index (χ1n) is 3.59. The zero-order valence-electron chi connectivity index (χ0n) is 6.40. The summed E-state index contributed by atoms with van der Waals surface area (Å²) < 4.78 is 0. The fraction of sp³-hybridized carbons (Fsp3) is 0.286. The number of carbonyl (C=O) groups excluding carboxylic acids is 1. The van der Waals surface area contributed by atoms with Crippen LogP contribution in [0.15, 0.2) is 21.8 Å². The normalized spacial score (nSPS) is 20.2. The van der Waals surface area contributed by atoms with E-state index in [0.717, 1.165) is 11.3 Å². The van der Waals surface area contributed by atoms with Crippen LogP contribution in [-0.2, 0) is 0 Å². The number of hydrogen-bond acceptors (Lipinski definition) is 3. The van der Waals surface area contributed by atoms with Gasteiger partial charge in [-0.1, -0.05) is 0 Å². The number of carbonyl (C=O) groups is 1. The first-order valence-corrected chi connectivity index (χ1v) is 3.59. The van der Waals surface area contributed by atoms with Crippen LogP contribution in [0.25, 0.3) is 0 Å². The van der Waals surface area contributed by atoms with Crippen molar-refractivity contribution in [2.75, 3.05) is 13.2 Å². The van der Waals surface area contributed by atoms with Gasteiger partial charge in [-0.2, -0.15) is 0 Å². The molecule has 5 heteroatoms. The lowest BCUT2D eigenvalue weighted by atomic mass is 10.2. The Hall–Kier alpha value is -1.65. The number of amides is 2. The van der Waals surface area contributed by atoms with Gasteiger partial charge in [0.25, 0.3) is 0 Å². The smallest absolute Gasteiger partial charge is 0.319 e. The molecule has 2 amide bonds. The second-order valence-corrected chi connectivity index (χ2v) is 2.61. The molecule has 0 unspecified atom stereocenters.